The largest absolute Gasteiger partial charge is 0.489 e. The highest BCUT2D eigenvalue weighted by atomic mass is 16.5. The Bertz CT molecular complexity index is 550. The number of fused-ring (bicyclic) bond motifs is 1. The van der Waals surface area contributed by atoms with Crippen LogP contribution in [0.15, 0.2) is 48.5 Å². The predicted molar refractivity (Wildman–Crippen MR) is 77.1 cm³/mol. The molecule has 2 heteroatoms. The van der Waals surface area contributed by atoms with Gasteiger partial charge in [0.15, 0.2) is 0 Å². The van der Waals surface area contributed by atoms with E-state index < -0.39 is 0 Å². The SMILES string of the molecule is N[C@H]1CCCc2cc(OCc3ccccc3)ccc21. The van der Waals surface area contributed by atoms with Crippen molar-refractivity contribution in [3.05, 3.63) is 65.2 Å². The molecule has 0 bridgehead atoms. The summed E-state index contributed by atoms with van der Waals surface area (Å²) in [6.45, 7) is 0.617. The average Bonchev–Trinajstić information content (AvgIpc) is 2.46. The highest BCUT2D eigenvalue weighted by Crippen LogP contribution is 2.30. The zero-order valence-corrected chi connectivity index (χ0v) is 11.0. The fraction of sp³-hybridized carbons (Fsp3) is 0.294. The lowest BCUT2D eigenvalue weighted by Gasteiger charge is -2.22. The Kier molecular flexibility index (Phi) is 3.51. The van der Waals surface area contributed by atoms with Crippen LogP contribution in [0.3, 0.4) is 0 Å². The van der Waals surface area contributed by atoms with Crippen LogP contribution in [0.25, 0.3) is 0 Å². The van der Waals surface area contributed by atoms with Crippen LogP contribution in [0, 0.1) is 0 Å². The predicted octanol–water partition coefficient (Wildman–Crippen LogP) is 3.60. The van der Waals surface area contributed by atoms with Gasteiger partial charge in [0.05, 0.1) is 0 Å². The summed E-state index contributed by atoms with van der Waals surface area (Å²) in [5, 5.41) is 0. The van der Waals surface area contributed by atoms with Gasteiger partial charge in [-0.25, -0.2) is 0 Å². The molecule has 0 saturated heterocycles. The maximum absolute atomic E-state index is 6.12. The van der Waals surface area contributed by atoms with Crippen LogP contribution in [0.5, 0.6) is 5.75 Å². The van der Waals surface area contributed by atoms with Crippen molar-refractivity contribution in [3.63, 3.8) is 0 Å². The highest BCUT2D eigenvalue weighted by Gasteiger charge is 2.16. The van der Waals surface area contributed by atoms with Crippen molar-refractivity contribution in [1.29, 1.82) is 0 Å². The van der Waals surface area contributed by atoms with Gasteiger partial charge in [0.1, 0.15) is 12.4 Å². The Hall–Kier alpha value is -1.80. The summed E-state index contributed by atoms with van der Waals surface area (Å²) in [7, 11) is 0. The maximum Gasteiger partial charge on any atom is 0.120 e. The number of ether oxygens (including phenoxy) is 1. The number of aryl methyl sites for hydroxylation is 1. The van der Waals surface area contributed by atoms with E-state index in [0.29, 0.717) is 6.61 Å². The maximum atomic E-state index is 6.12. The van der Waals surface area contributed by atoms with E-state index in [9.17, 15) is 0 Å². The molecule has 2 N–H and O–H groups in total. The second-order valence-corrected chi connectivity index (χ2v) is 5.13. The Morgan fingerprint density at radius 3 is 2.79 bits per heavy atom. The third kappa shape index (κ3) is 2.79. The Morgan fingerprint density at radius 1 is 1.11 bits per heavy atom. The van der Waals surface area contributed by atoms with Gasteiger partial charge in [-0.05, 0) is 48.1 Å². The van der Waals surface area contributed by atoms with Gasteiger partial charge in [0, 0.05) is 6.04 Å². The van der Waals surface area contributed by atoms with Crippen molar-refractivity contribution in [2.24, 2.45) is 5.73 Å². The minimum Gasteiger partial charge on any atom is -0.489 e. The monoisotopic (exact) mass is 253 g/mol. The number of nitrogens with two attached hydrogens (primary N) is 1. The minimum atomic E-state index is 0.201. The lowest BCUT2D eigenvalue weighted by Crippen LogP contribution is -2.17. The summed E-state index contributed by atoms with van der Waals surface area (Å²) in [5.74, 6) is 0.941. The van der Waals surface area contributed by atoms with Crippen LogP contribution < -0.4 is 10.5 Å². The number of rotatable bonds is 3. The molecule has 1 aliphatic rings. The van der Waals surface area contributed by atoms with Crippen LogP contribution >= 0.6 is 0 Å². The molecule has 1 atom stereocenters. The second kappa shape index (κ2) is 5.45. The van der Waals surface area contributed by atoms with Crippen LogP contribution in [-0.4, -0.2) is 0 Å². The number of benzene rings is 2. The number of hydrogen-bond donors (Lipinski definition) is 1. The molecule has 0 unspecified atom stereocenters. The van der Waals surface area contributed by atoms with E-state index in [0.717, 1.165) is 18.6 Å². The van der Waals surface area contributed by atoms with Gasteiger partial charge in [-0.1, -0.05) is 36.4 Å². The summed E-state index contributed by atoms with van der Waals surface area (Å²) in [6.07, 6.45) is 3.39. The molecule has 0 aliphatic heterocycles. The molecule has 0 amide bonds. The fourth-order valence-electron chi connectivity index (χ4n) is 2.66. The van der Waals surface area contributed by atoms with E-state index in [1.54, 1.807) is 0 Å². The molecular formula is C17H19NO. The van der Waals surface area contributed by atoms with Gasteiger partial charge in [-0.15, -0.1) is 0 Å². The average molecular weight is 253 g/mol. The molecule has 0 aromatic heterocycles. The lowest BCUT2D eigenvalue weighted by molar-refractivity contribution is 0.305. The van der Waals surface area contributed by atoms with Gasteiger partial charge in [-0.2, -0.15) is 0 Å². The van der Waals surface area contributed by atoms with Crippen LogP contribution in [0.2, 0.25) is 0 Å². The third-order valence-electron chi connectivity index (χ3n) is 3.72. The molecule has 3 rings (SSSR count). The smallest absolute Gasteiger partial charge is 0.120 e. The summed E-state index contributed by atoms with van der Waals surface area (Å²) in [5.41, 5.74) is 9.95. The molecule has 98 valence electrons. The first-order valence-electron chi connectivity index (χ1n) is 6.88. The van der Waals surface area contributed by atoms with Crippen LogP contribution in [-0.2, 0) is 13.0 Å². The van der Waals surface area contributed by atoms with Gasteiger partial charge in [0.2, 0.25) is 0 Å². The summed E-state index contributed by atoms with van der Waals surface area (Å²) in [4.78, 5) is 0. The molecule has 2 aromatic rings. The van der Waals surface area contributed by atoms with E-state index in [1.807, 2.05) is 24.3 Å². The van der Waals surface area contributed by atoms with Crippen molar-refractivity contribution in [3.8, 4) is 5.75 Å². The Morgan fingerprint density at radius 2 is 1.95 bits per heavy atom. The number of hydrogen-bond acceptors (Lipinski definition) is 2. The van der Waals surface area contributed by atoms with Crippen molar-refractivity contribution in [2.75, 3.05) is 0 Å². The first kappa shape index (κ1) is 12.2. The minimum absolute atomic E-state index is 0.201. The van der Waals surface area contributed by atoms with E-state index in [-0.39, 0.29) is 6.04 Å². The normalized spacial score (nSPS) is 17.8. The van der Waals surface area contributed by atoms with Gasteiger partial charge >= 0.3 is 0 Å². The summed E-state index contributed by atoms with van der Waals surface area (Å²) < 4.78 is 5.85. The van der Waals surface area contributed by atoms with E-state index in [4.69, 9.17) is 10.5 Å². The molecule has 2 nitrogen and oxygen atoms in total. The molecule has 0 radical (unpaired) electrons. The van der Waals surface area contributed by atoms with Gasteiger partial charge in [0.25, 0.3) is 0 Å². The van der Waals surface area contributed by atoms with Crippen molar-refractivity contribution >= 4 is 0 Å². The summed E-state index contributed by atoms with van der Waals surface area (Å²) in [6, 6.07) is 16.7. The van der Waals surface area contributed by atoms with Crippen LogP contribution in [0.1, 0.15) is 35.6 Å². The first-order chi connectivity index (χ1) is 9.33. The molecule has 0 heterocycles. The molecule has 1 aliphatic carbocycles. The molecule has 19 heavy (non-hydrogen) atoms. The zero-order valence-electron chi connectivity index (χ0n) is 11.0. The highest BCUT2D eigenvalue weighted by molar-refractivity contribution is 5.39. The molecule has 0 fully saturated rings. The van der Waals surface area contributed by atoms with E-state index in [1.165, 1.54) is 23.1 Å². The zero-order chi connectivity index (χ0) is 13.1. The van der Waals surface area contributed by atoms with Crippen molar-refractivity contribution in [2.45, 2.75) is 31.9 Å². The van der Waals surface area contributed by atoms with E-state index in [2.05, 4.69) is 24.3 Å². The quantitative estimate of drug-likeness (QED) is 0.907. The third-order valence-corrected chi connectivity index (χ3v) is 3.72. The van der Waals surface area contributed by atoms with Crippen molar-refractivity contribution in [1.82, 2.24) is 0 Å². The second-order valence-electron chi connectivity index (χ2n) is 5.13. The van der Waals surface area contributed by atoms with Gasteiger partial charge in [-0.3, -0.25) is 0 Å². The Labute approximate surface area is 114 Å². The van der Waals surface area contributed by atoms with Crippen LogP contribution in [0.4, 0.5) is 0 Å². The lowest BCUT2D eigenvalue weighted by atomic mass is 9.88. The fourth-order valence-corrected chi connectivity index (χ4v) is 2.66. The van der Waals surface area contributed by atoms with E-state index >= 15 is 0 Å². The topological polar surface area (TPSA) is 35.2 Å². The summed E-state index contributed by atoms with van der Waals surface area (Å²) >= 11 is 0. The molecule has 0 spiro atoms. The van der Waals surface area contributed by atoms with Crippen molar-refractivity contribution < 1.29 is 4.74 Å². The first-order valence-corrected chi connectivity index (χ1v) is 6.88. The Balaban J connectivity index is 1.72. The molecule has 2 aromatic carbocycles. The standard InChI is InChI=1S/C17H19NO/c18-17-8-4-7-14-11-15(9-10-16(14)17)19-12-13-5-2-1-3-6-13/h1-3,5-6,9-11,17H,4,7-8,12,18H2/t17-/m0/s1. The molecule has 0 saturated carbocycles. The van der Waals surface area contributed by atoms with Gasteiger partial charge < -0.3 is 10.5 Å². The molecular weight excluding hydrogens is 234 g/mol.